The molecule has 1 heterocycles. The Bertz CT molecular complexity index is 647. The number of hydrogen-bond donors (Lipinski definition) is 1. The molecule has 0 aliphatic rings. The number of hydrogen-bond acceptors (Lipinski definition) is 5. The summed E-state index contributed by atoms with van der Waals surface area (Å²) in [5, 5.41) is 17.9. The van der Waals surface area contributed by atoms with Gasteiger partial charge in [0.1, 0.15) is 11.6 Å². The highest BCUT2D eigenvalue weighted by atomic mass is 32.2. The molecule has 2 N–H and O–H groups in total. The van der Waals surface area contributed by atoms with Crippen LogP contribution >= 0.6 is 11.8 Å². The minimum absolute atomic E-state index is 0.335. The van der Waals surface area contributed by atoms with Crippen molar-refractivity contribution < 1.29 is 4.39 Å². The van der Waals surface area contributed by atoms with Gasteiger partial charge in [0, 0.05) is 12.3 Å². The lowest BCUT2D eigenvalue weighted by Crippen LogP contribution is -2.08. The number of nitriles is 1. The normalized spacial score (nSPS) is 10.5. The van der Waals surface area contributed by atoms with Gasteiger partial charge in [-0.2, -0.15) is 5.26 Å². The zero-order valence-electron chi connectivity index (χ0n) is 11.0. The van der Waals surface area contributed by atoms with Crippen molar-refractivity contribution in [1.82, 2.24) is 14.8 Å². The molecule has 0 bridgehead atoms. The van der Waals surface area contributed by atoms with Crippen LogP contribution in [0.1, 0.15) is 23.9 Å². The van der Waals surface area contributed by atoms with Gasteiger partial charge in [-0.1, -0.05) is 17.8 Å². The predicted octanol–water partition coefficient (Wildman–Crippen LogP) is 2.06. The van der Waals surface area contributed by atoms with Crippen molar-refractivity contribution in [2.24, 2.45) is 5.73 Å². The van der Waals surface area contributed by atoms with Crippen LogP contribution in [0.2, 0.25) is 0 Å². The van der Waals surface area contributed by atoms with Gasteiger partial charge < -0.3 is 10.3 Å². The van der Waals surface area contributed by atoms with Crippen molar-refractivity contribution in [2.45, 2.75) is 30.9 Å². The minimum atomic E-state index is -0.405. The van der Waals surface area contributed by atoms with Crippen LogP contribution in [-0.2, 0) is 18.8 Å². The van der Waals surface area contributed by atoms with Crippen molar-refractivity contribution in [3.63, 3.8) is 0 Å². The van der Waals surface area contributed by atoms with Gasteiger partial charge in [-0.05, 0) is 24.6 Å². The molecule has 0 atom stereocenters. The van der Waals surface area contributed by atoms with Gasteiger partial charge in [-0.3, -0.25) is 0 Å². The molecule has 2 aromatic rings. The quantitative estimate of drug-likeness (QED) is 0.853. The van der Waals surface area contributed by atoms with Crippen LogP contribution in [0.15, 0.2) is 23.4 Å². The number of nitrogens with zero attached hydrogens (tertiary/aromatic N) is 4. The summed E-state index contributed by atoms with van der Waals surface area (Å²) < 4.78 is 15.0. The number of halogens is 1. The van der Waals surface area contributed by atoms with Crippen molar-refractivity contribution in [3.8, 4) is 6.07 Å². The Labute approximate surface area is 120 Å². The summed E-state index contributed by atoms with van der Waals surface area (Å²) in [7, 11) is 0. The third-order valence-corrected chi connectivity index (χ3v) is 3.86. The summed E-state index contributed by atoms with van der Waals surface area (Å²) in [6.45, 7) is 3.06. The maximum atomic E-state index is 13.1. The second kappa shape index (κ2) is 6.50. The minimum Gasteiger partial charge on any atom is -0.324 e. The lowest BCUT2D eigenvalue weighted by atomic mass is 10.1. The van der Waals surface area contributed by atoms with Gasteiger partial charge in [0.05, 0.1) is 18.2 Å². The molecule has 0 saturated heterocycles. The monoisotopic (exact) mass is 291 g/mol. The van der Waals surface area contributed by atoms with E-state index in [1.165, 1.54) is 23.9 Å². The van der Waals surface area contributed by atoms with Crippen molar-refractivity contribution in [1.29, 1.82) is 5.26 Å². The summed E-state index contributed by atoms with van der Waals surface area (Å²) in [6, 6.07) is 6.22. The molecule has 0 unspecified atom stereocenters. The zero-order chi connectivity index (χ0) is 14.5. The van der Waals surface area contributed by atoms with Crippen LogP contribution < -0.4 is 5.73 Å². The first-order valence-corrected chi connectivity index (χ1v) is 7.11. The Hall–Kier alpha value is -1.91. The molecule has 5 nitrogen and oxygen atoms in total. The molecule has 0 spiro atoms. The van der Waals surface area contributed by atoms with Crippen LogP contribution in [0.5, 0.6) is 0 Å². The van der Waals surface area contributed by atoms with E-state index >= 15 is 0 Å². The smallest absolute Gasteiger partial charge is 0.191 e. The number of nitrogens with two attached hydrogens (primary N) is 1. The van der Waals surface area contributed by atoms with E-state index in [1.807, 2.05) is 17.6 Å². The van der Waals surface area contributed by atoms with Crippen LogP contribution in [0, 0.1) is 17.1 Å². The second-order valence-corrected chi connectivity index (χ2v) is 4.99. The van der Waals surface area contributed by atoms with Gasteiger partial charge in [0.15, 0.2) is 5.16 Å². The molecule has 1 aromatic carbocycles. The molecular weight excluding hydrogens is 277 g/mol. The maximum absolute atomic E-state index is 13.1. The Morgan fingerprint density at radius 3 is 2.90 bits per heavy atom. The van der Waals surface area contributed by atoms with E-state index < -0.39 is 5.82 Å². The highest BCUT2D eigenvalue weighted by Crippen LogP contribution is 2.24. The van der Waals surface area contributed by atoms with Gasteiger partial charge in [0.25, 0.3) is 0 Å². The largest absolute Gasteiger partial charge is 0.324 e. The van der Waals surface area contributed by atoms with Crippen molar-refractivity contribution >= 4 is 11.8 Å². The van der Waals surface area contributed by atoms with E-state index in [-0.39, 0.29) is 0 Å². The predicted molar refractivity (Wildman–Crippen MR) is 74.3 cm³/mol. The first-order valence-electron chi connectivity index (χ1n) is 6.13. The SMILES string of the molecule is CCn1c(CN)nnc1SCc1ccc(F)cc1C#N. The Kier molecular flexibility index (Phi) is 4.71. The zero-order valence-corrected chi connectivity index (χ0v) is 11.8. The summed E-state index contributed by atoms with van der Waals surface area (Å²) in [6.07, 6.45) is 0. The molecule has 20 heavy (non-hydrogen) atoms. The summed E-state index contributed by atoms with van der Waals surface area (Å²) >= 11 is 1.46. The van der Waals surface area contributed by atoms with Gasteiger partial charge in [-0.25, -0.2) is 4.39 Å². The van der Waals surface area contributed by atoms with Crippen LogP contribution in [-0.4, -0.2) is 14.8 Å². The topological polar surface area (TPSA) is 80.5 Å². The summed E-state index contributed by atoms with van der Waals surface area (Å²) in [4.78, 5) is 0. The molecule has 0 saturated carbocycles. The maximum Gasteiger partial charge on any atom is 0.191 e. The number of aromatic nitrogens is 3. The molecule has 0 radical (unpaired) electrons. The molecular formula is C13H14FN5S. The van der Waals surface area contributed by atoms with E-state index in [2.05, 4.69) is 10.2 Å². The molecule has 2 rings (SSSR count). The molecule has 7 heteroatoms. The second-order valence-electron chi connectivity index (χ2n) is 4.05. The van der Waals surface area contributed by atoms with E-state index in [0.717, 1.165) is 23.1 Å². The van der Waals surface area contributed by atoms with Crippen molar-refractivity contribution in [3.05, 3.63) is 41.0 Å². The summed E-state index contributed by atoms with van der Waals surface area (Å²) in [5.41, 5.74) is 6.71. The third-order valence-electron chi connectivity index (χ3n) is 2.84. The third kappa shape index (κ3) is 2.98. The van der Waals surface area contributed by atoms with Crippen LogP contribution in [0.25, 0.3) is 0 Å². The Morgan fingerprint density at radius 2 is 2.25 bits per heavy atom. The Morgan fingerprint density at radius 1 is 1.45 bits per heavy atom. The van der Waals surface area contributed by atoms with E-state index in [0.29, 0.717) is 17.9 Å². The first kappa shape index (κ1) is 14.5. The van der Waals surface area contributed by atoms with Gasteiger partial charge in [0.2, 0.25) is 0 Å². The molecule has 1 aromatic heterocycles. The first-order chi connectivity index (χ1) is 9.69. The molecule has 0 fully saturated rings. The lowest BCUT2D eigenvalue weighted by Gasteiger charge is -2.06. The molecule has 0 aliphatic heterocycles. The fraction of sp³-hybridized carbons (Fsp3) is 0.308. The Balaban J connectivity index is 2.17. The number of benzene rings is 1. The number of thioether (sulfide) groups is 1. The number of rotatable bonds is 5. The highest BCUT2D eigenvalue weighted by molar-refractivity contribution is 7.98. The molecule has 0 amide bonds. The standard InChI is InChI=1S/C13H14FN5S/c1-2-19-12(7-16)17-18-13(19)20-8-9-3-4-11(14)5-10(9)6-15/h3-5H,2,7-8,16H2,1H3. The van der Waals surface area contributed by atoms with Gasteiger partial charge in [-0.15, -0.1) is 10.2 Å². The molecule has 0 aliphatic carbocycles. The van der Waals surface area contributed by atoms with E-state index in [1.54, 1.807) is 6.07 Å². The van der Waals surface area contributed by atoms with Gasteiger partial charge >= 0.3 is 0 Å². The fourth-order valence-corrected chi connectivity index (χ4v) is 2.84. The molecule has 104 valence electrons. The fourth-order valence-electron chi connectivity index (χ4n) is 1.82. The van der Waals surface area contributed by atoms with Crippen molar-refractivity contribution in [2.75, 3.05) is 0 Å². The average molecular weight is 291 g/mol. The summed E-state index contributed by atoms with van der Waals surface area (Å²) in [5.74, 6) is 0.860. The van der Waals surface area contributed by atoms with Crippen LogP contribution in [0.4, 0.5) is 4.39 Å². The highest BCUT2D eigenvalue weighted by Gasteiger charge is 2.11. The lowest BCUT2D eigenvalue weighted by molar-refractivity contribution is 0.626. The average Bonchev–Trinajstić information content (AvgIpc) is 2.87. The van der Waals surface area contributed by atoms with E-state index in [4.69, 9.17) is 11.0 Å². The van der Waals surface area contributed by atoms with Crippen LogP contribution in [0.3, 0.4) is 0 Å². The van der Waals surface area contributed by atoms with E-state index in [9.17, 15) is 4.39 Å².